The van der Waals surface area contributed by atoms with Crippen molar-refractivity contribution < 1.29 is 4.92 Å². The monoisotopic (exact) mass is 269 g/mol. The van der Waals surface area contributed by atoms with Crippen LogP contribution >= 0.6 is 11.3 Å². The van der Waals surface area contributed by atoms with Crippen molar-refractivity contribution in [2.45, 2.75) is 31.8 Å². The number of thiophene rings is 1. The largest absolute Gasteiger partial charge is 0.324 e. The summed E-state index contributed by atoms with van der Waals surface area (Å²) in [6.07, 6.45) is 3.84. The van der Waals surface area contributed by atoms with Crippen LogP contribution < -0.4 is 5.32 Å². The minimum Gasteiger partial charge on any atom is -0.311 e. The first-order chi connectivity index (χ1) is 8.66. The van der Waals surface area contributed by atoms with E-state index >= 15 is 0 Å². The number of nitrogens with zero attached hydrogens (tertiary/aromatic N) is 2. The first-order valence-electron chi connectivity index (χ1n) is 6.29. The zero-order valence-corrected chi connectivity index (χ0v) is 11.4. The van der Waals surface area contributed by atoms with Gasteiger partial charge in [0.05, 0.1) is 4.92 Å². The molecule has 100 valence electrons. The molecule has 6 heteroatoms. The summed E-state index contributed by atoms with van der Waals surface area (Å²) in [5.41, 5.74) is 1.00. The molecule has 0 amide bonds. The summed E-state index contributed by atoms with van der Waals surface area (Å²) >= 11 is 1.19. The lowest BCUT2D eigenvalue weighted by atomic mass is 10.0. The molecule has 2 heterocycles. The Balaban J connectivity index is 1.75. The van der Waals surface area contributed by atoms with Gasteiger partial charge in [-0.25, -0.2) is 0 Å². The predicted molar refractivity (Wildman–Crippen MR) is 72.9 cm³/mol. The summed E-state index contributed by atoms with van der Waals surface area (Å²) in [7, 11) is 2.17. The molecular formula is C12H19N3O2S. The number of hydrogen-bond donors (Lipinski definition) is 1. The Bertz CT molecular complexity index is 408. The van der Waals surface area contributed by atoms with E-state index in [9.17, 15) is 10.1 Å². The topological polar surface area (TPSA) is 58.4 Å². The molecule has 1 atom stereocenters. The van der Waals surface area contributed by atoms with E-state index in [2.05, 4.69) is 17.3 Å². The number of hydrogen-bond acceptors (Lipinski definition) is 5. The molecule has 1 N–H and O–H groups in total. The fraction of sp³-hybridized carbons (Fsp3) is 0.667. The van der Waals surface area contributed by atoms with Crippen LogP contribution in [0.4, 0.5) is 5.00 Å². The molecule has 1 aliphatic heterocycles. The molecule has 0 bridgehead atoms. The van der Waals surface area contributed by atoms with E-state index in [1.165, 1.54) is 37.1 Å². The van der Waals surface area contributed by atoms with Crippen molar-refractivity contribution in [2.24, 2.45) is 0 Å². The van der Waals surface area contributed by atoms with Crippen LogP contribution in [-0.4, -0.2) is 36.0 Å². The minimum absolute atomic E-state index is 0.224. The normalized spacial score (nSPS) is 21.1. The van der Waals surface area contributed by atoms with E-state index < -0.39 is 0 Å². The second-order valence-corrected chi connectivity index (χ2v) is 5.70. The van der Waals surface area contributed by atoms with Gasteiger partial charge < -0.3 is 10.2 Å². The number of nitrogens with one attached hydrogen (secondary N) is 1. The lowest BCUT2D eigenvalue weighted by Gasteiger charge is -2.32. The maximum atomic E-state index is 10.6. The molecule has 18 heavy (non-hydrogen) atoms. The predicted octanol–water partition coefficient (Wildman–Crippen LogP) is 2.23. The van der Waals surface area contributed by atoms with E-state index in [0.717, 1.165) is 12.1 Å². The summed E-state index contributed by atoms with van der Waals surface area (Å²) < 4.78 is 0. The molecule has 0 radical (unpaired) electrons. The van der Waals surface area contributed by atoms with Gasteiger partial charge in [-0.1, -0.05) is 17.8 Å². The van der Waals surface area contributed by atoms with Gasteiger partial charge in [0.15, 0.2) is 0 Å². The molecule has 5 nitrogen and oxygen atoms in total. The van der Waals surface area contributed by atoms with Gasteiger partial charge in [-0.05, 0) is 32.0 Å². The fourth-order valence-electron chi connectivity index (χ4n) is 2.34. The van der Waals surface area contributed by atoms with Gasteiger partial charge in [0.1, 0.15) is 0 Å². The molecule has 1 aliphatic rings. The average Bonchev–Trinajstić information content (AvgIpc) is 2.80. The Labute approximate surface area is 111 Å². The maximum Gasteiger partial charge on any atom is 0.324 e. The lowest BCUT2D eigenvalue weighted by molar-refractivity contribution is -0.380. The van der Waals surface area contributed by atoms with E-state index in [0.29, 0.717) is 12.6 Å². The maximum absolute atomic E-state index is 10.6. The zero-order chi connectivity index (χ0) is 13.0. The number of piperidine rings is 1. The molecule has 0 saturated carbocycles. The van der Waals surface area contributed by atoms with Crippen LogP contribution in [0, 0.1) is 10.1 Å². The minimum atomic E-state index is -0.330. The highest BCUT2D eigenvalue weighted by atomic mass is 32.1. The van der Waals surface area contributed by atoms with Crippen LogP contribution in [0.3, 0.4) is 0 Å². The molecular weight excluding hydrogens is 250 g/mol. The van der Waals surface area contributed by atoms with Gasteiger partial charge >= 0.3 is 5.00 Å². The second kappa shape index (κ2) is 6.26. The Hall–Kier alpha value is -0.980. The van der Waals surface area contributed by atoms with E-state index in [-0.39, 0.29) is 9.92 Å². The molecule has 1 fully saturated rings. The highest BCUT2D eigenvalue weighted by Crippen LogP contribution is 2.22. The van der Waals surface area contributed by atoms with E-state index in [1.807, 2.05) is 5.38 Å². The molecule has 2 rings (SSSR count). The smallest absolute Gasteiger partial charge is 0.311 e. The SMILES string of the molecule is CN1CCCCC1CNCc1csc([N+](=O)[O-])c1. The Kier molecular flexibility index (Phi) is 4.68. The summed E-state index contributed by atoms with van der Waals surface area (Å²) in [6.45, 7) is 2.85. The number of likely N-dealkylation sites (tertiary alicyclic amines) is 1. The van der Waals surface area contributed by atoms with Crippen molar-refractivity contribution in [2.75, 3.05) is 20.1 Å². The Morgan fingerprint density at radius 2 is 2.44 bits per heavy atom. The Morgan fingerprint density at radius 3 is 3.11 bits per heavy atom. The summed E-state index contributed by atoms with van der Waals surface area (Å²) in [5.74, 6) is 0. The van der Waals surface area contributed by atoms with Crippen molar-refractivity contribution in [3.8, 4) is 0 Å². The number of rotatable bonds is 5. The number of nitro groups is 1. The first kappa shape index (κ1) is 13.5. The summed E-state index contributed by atoms with van der Waals surface area (Å²) in [5, 5.41) is 16.0. The average molecular weight is 269 g/mol. The van der Waals surface area contributed by atoms with Crippen LogP contribution in [0.25, 0.3) is 0 Å². The van der Waals surface area contributed by atoms with Crippen LogP contribution in [0.15, 0.2) is 11.4 Å². The molecule has 0 aliphatic carbocycles. The first-order valence-corrected chi connectivity index (χ1v) is 7.17. The third kappa shape index (κ3) is 3.51. The van der Waals surface area contributed by atoms with Crippen molar-refractivity contribution in [1.29, 1.82) is 0 Å². The van der Waals surface area contributed by atoms with Crippen molar-refractivity contribution in [3.05, 3.63) is 27.1 Å². The van der Waals surface area contributed by atoms with Crippen LogP contribution in [0.2, 0.25) is 0 Å². The van der Waals surface area contributed by atoms with Crippen molar-refractivity contribution >= 4 is 16.3 Å². The van der Waals surface area contributed by atoms with E-state index in [4.69, 9.17) is 0 Å². The van der Waals surface area contributed by atoms with Gasteiger partial charge in [0, 0.05) is 30.6 Å². The van der Waals surface area contributed by atoms with Crippen LogP contribution in [-0.2, 0) is 6.54 Å². The highest BCUT2D eigenvalue weighted by Gasteiger charge is 2.18. The van der Waals surface area contributed by atoms with Crippen molar-refractivity contribution in [1.82, 2.24) is 10.2 Å². The van der Waals surface area contributed by atoms with Crippen molar-refractivity contribution in [3.63, 3.8) is 0 Å². The van der Waals surface area contributed by atoms with E-state index in [1.54, 1.807) is 6.07 Å². The van der Waals surface area contributed by atoms with Crippen LogP contribution in [0.1, 0.15) is 24.8 Å². The summed E-state index contributed by atoms with van der Waals surface area (Å²) in [6, 6.07) is 2.26. The third-order valence-corrected chi connectivity index (χ3v) is 4.38. The lowest BCUT2D eigenvalue weighted by Crippen LogP contribution is -2.42. The van der Waals surface area contributed by atoms with Gasteiger partial charge in [-0.15, -0.1) is 0 Å². The van der Waals surface area contributed by atoms with Gasteiger partial charge in [0.25, 0.3) is 0 Å². The van der Waals surface area contributed by atoms with Gasteiger partial charge in [0.2, 0.25) is 0 Å². The van der Waals surface area contributed by atoms with Gasteiger partial charge in [-0.3, -0.25) is 10.1 Å². The third-order valence-electron chi connectivity index (χ3n) is 3.45. The second-order valence-electron chi connectivity index (χ2n) is 4.81. The van der Waals surface area contributed by atoms with Crippen LogP contribution in [0.5, 0.6) is 0 Å². The fourth-order valence-corrected chi connectivity index (χ4v) is 3.07. The highest BCUT2D eigenvalue weighted by molar-refractivity contribution is 7.13. The molecule has 0 aromatic carbocycles. The number of likely N-dealkylation sites (N-methyl/N-ethyl adjacent to an activating group) is 1. The molecule has 1 unspecified atom stereocenters. The van der Waals surface area contributed by atoms with Gasteiger partial charge in [-0.2, -0.15) is 0 Å². The molecule has 1 aromatic rings. The summed E-state index contributed by atoms with van der Waals surface area (Å²) in [4.78, 5) is 12.6. The molecule has 1 aromatic heterocycles. The zero-order valence-electron chi connectivity index (χ0n) is 10.6. The Morgan fingerprint density at radius 1 is 1.61 bits per heavy atom. The quantitative estimate of drug-likeness (QED) is 0.658. The molecule has 1 saturated heterocycles. The molecule has 0 spiro atoms. The standard InChI is InChI=1S/C12H19N3O2S/c1-14-5-3-2-4-11(14)8-13-7-10-6-12(15(16)17)18-9-10/h6,9,11,13H,2-5,7-8H2,1H3.